The van der Waals surface area contributed by atoms with Crippen LogP contribution in [0.4, 0.5) is 0 Å². The van der Waals surface area contributed by atoms with Crippen molar-refractivity contribution in [3.8, 4) is 5.75 Å². The van der Waals surface area contributed by atoms with Crippen LogP contribution in [0, 0.1) is 23.7 Å². The fraction of sp³-hybridized carbons (Fsp3) is 0.692. The summed E-state index contributed by atoms with van der Waals surface area (Å²) in [6.07, 6.45) is 4.34. The van der Waals surface area contributed by atoms with Crippen molar-refractivity contribution in [2.45, 2.75) is 70.4 Å². The van der Waals surface area contributed by atoms with Gasteiger partial charge in [0.15, 0.2) is 18.2 Å². The Kier molecular flexibility index (Phi) is 7.24. The first-order valence-electron chi connectivity index (χ1n) is 12.7. The Morgan fingerprint density at radius 3 is 2.83 bits per heavy atom. The van der Waals surface area contributed by atoms with Gasteiger partial charge in [0.1, 0.15) is 12.4 Å². The molecule has 1 N–H and O–H groups in total. The Bertz CT molecular complexity index is 972. The molecule has 10 nitrogen and oxygen atoms in total. The highest BCUT2D eigenvalue weighted by atomic mass is 17.3. The van der Waals surface area contributed by atoms with Crippen molar-refractivity contribution in [3.63, 3.8) is 0 Å². The highest BCUT2D eigenvalue weighted by Crippen LogP contribution is 2.60. The third-order valence-corrected chi connectivity index (χ3v) is 8.09. The first kappa shape index (κ1) is 25.4. The van der Waals surface area contributed by atoms with Crippen LogP contribution in [0.3, 0.4) is 0 Å². The number of hydrogen-bond donors (Lipinski definition) is 1. The standard InChI is InChI=1S/C26H35NO9/c1-16-8-9-20-17(2)23(33-24-26(20)19(16)10-11-25(3,34-24)35-36-26)31-13-12-30-21-7-5-4-6-18(21)14-27-32-15-22(28)29/h4-7,14,16-17,19-20,23-24H,8-13,15H2,1-3H3,(H,28,29)/b27-14+/t16-,17-,19?,20+,23+,24-,25-,26-/m1/s1. The van der Waals surface area contributed by atoms with Crippen LogP contribution in [-0.4, -0.2) is 61.1 Å². The number of carboxylic acid groups (broad SMARTS) is 1. The predicted octanol–water partition coefficient (Wildman–Crippen LogP) is 3.73. The number of carboxylic acids is 1. The van der Waals surface area contributed by atoms with E-state index in [1.165, 1.54) is 6.21 Å². The van der Waals surface area contributed by atoms with E-state index in [0.29, 0.717) is 36.4 Å². The van der Waals surface area contributed by atoms with Crippen LogP contribution < -0.4 is 4.74 Å². The van der Waals surface area contributed by atoms with E-state index in [0.717, 1.165) is 25.7 Å². The molecule has 8 atom stereocenters. The Balaban J connectivity index is 1.20. The quantitative estimate of drug-likeness (QED) is 0.232. The minimum Gasteiger partial charge on any atom is -0.491 e. The normalized spacial score (nSPS) is 39.4. The molecule has 5 aliphatic rings. The predicted molar refractivity (Wildman–Crippen MR) is 126 cm³/mol. The summed E-state index contributed by atoms with van der Waals surface area (Å²) in [6, 6.07) is 7.29. The van der Waals surface area contributed by atoms with Gasteiger partial charge in [-0.3, -0.25) is 0 Å². The van der Waals surface area contributed by atoms with Crippen LogP contribution >= 0.6 is 0 Å². The monoisotopic (exact) mass is 505 g/mol. The van der Waals surface area contributed by atoms with E-state index in [4.69, 9.17) is 38.7 Å². The molecule has 10 heteroatoms. The highest BCUT2D eigenvalue weighted by Gasteiger charge is 2.69. The van der Waals surface area contributed by atoms with Gasteiger partial charge in [0.05, 0.1) is 12.8 Å². The summed E-state index contributed by atoms with van der Waals surface area (Å²) in [6.45, 7) is 6.47. The Hall–Kier alpha value is -2.24. The SMILES string of the molecule is C[C@H]1[C@@H](OCCOc2ccccc2/C=N/OCC(=O)O)O[C@@H]2O[C@@]3(C)CCC4[C@H](C)CC[C@@H]1[C@]42OO3. The van der Waals surface area contributed by atoms with E-state index < -0.39 is 36.5 Å². The average Bonchev–Trinajstić information content (AvgIpc) is 3.09. The van der Waals surface area contributed by atoms with Gasteiger partial charge >= 0.3 is 5.97 Å². The number of carbonyl (C=O) groups is 1. The van der Waals surface area contributed by atoms with E-state index in [-0.39, 0.29) is 11.8 Å². The molecule has 0 aromatic heterocycles. The molecule has 4 saturated heterocycles. The van der Waals surface area contributed by atoms with Crippen LogP contribution in [0.5, 0.6) is 5.75 Å². The van der Waals surface area contributed by atoms with Gasteiger partial charge in [-0.25, -0.2) is 14.6 Å². The highest BCUT2D eigenvalue weighted by molar-refractivity contribution is 5.83. The lowest BCUT2D eigenvalue weighted by Crippen LogP contribution is -2.70. The summed E-state index contributed by atoms with van der Waals surface area (Å²) in [7, 11) is 0. The second-order valence-electron chi connectivity index (χ2n) is 10.4. The molecule has 4 heterocycles. The van der Waals surface area contributed by atoms with Crippen molar-refractivity contribution in [2.75, 3.05) is 19.8 Å². The summed E-state index contributed by atoms with van der Waals surface area (Å²) in [5, 5.41) is 12.3. The molecule has 1 saturated carbocycles. The fourth-order valence-corrected chi connectivity index (χ4v) is 6.28. The van der Waals surface area contributed by atoms with E-state index >= 15 is 0 Å². The molecule has 1 unspecified atom stereocenters. The van der Waals surface area contributed by atoms with Crippen LogP contribution in [0.15, 0.2) is 29.4 Å². The first-order chi connectivity index (χ1) is 17.3. The number of rotatable bonds is 9. The lowest BCUT2D eigenvalue weighted by molar-refractivity contribution is -0.577. The van der Waals surface area contributed by atoms with Crippen LogP contribution in [0.1, 0.15) is 52.0 Å². The molecule has 198 valence electrons. The Morgan fingerprint density at radius 1 is 1.17 bits per heavy atom. The zero-order valence-corrected chi connectivity index (χ0v) is 21.0. The second kappa shape index (κ2) is 10.3. The third-order valence-electron chi connectivity index (χ3n) is 8.09. The molecule has 0 radical (unpaired) electrons. The number of benzene rings is 1. The van der Waals surface area contributed by atoms with Crippen molar-refractivity contribution in [3.05, 3.63) is 29.8 Å². The van der Waals surface area contributed by atoms with Gasteiger partial charge in [-0.05, 0) is 50.2 Å². The number of oxime groups is 1. The largest absolute Gasteiger partial charge is 0.491 e. The summed E-state index contributed by atoms with van der Waals surface area (Å²) in [4.78, 5) is 27.3. The minimum atomic E-state index is -1.09. The molecule has 1 aromatic carbocycles. The van der Waals surface area contributed by atoms with Crippen LogP contribution in [-0.2, 0) is 33.6 Å². The number of fused-ring (bicyclic) bond motifs is 2. The van der Waals surface area contributed by atoms with E-state index in [2.05, 4.69) is 19.0 Å². The van der Waals surface area contributed by atoms with Gasteiger partial charge in [-0.15, -0.1) is 0 Å². The smallest absolute Gasteiger partial charge is 0.344 e. The van der Waals surface area contributed by atoms with E-state index in [1.54, 1.807) is 12.1 Å². The number of ether oxygens (including phenoxy) is 4. The van der Waals surface area contributed by atoms with Gasteiger partial charge in [-0.1, -0.05) is 31.1 Å². The molecular weight excluding hydrogens is 470 g/mol. The number of para-hydroxylation sites is 1. The lowest BCUT2D eigenvalue weighted by atomic mass is 9.58. The zero-order valence-electron chi connectivity index (χ0n) is 21.0. The van der Waals surface area contributed by atoms with Crippen LogP contribution in [0.2, 0.25) is 0 Å². The Morgan fingerprint density at radius 2 is 2.00 bits per heavy atom. The van der Waals surface area contributed by atoms with Crippen LogP contribution in [0.25, 0.3) is 0 Å². The molecular formula is C26H35NO9. The van der Waals surface area contributed by atoms with Crippen molar-refractivity contribution in [1.82, 2.24) is 0 Å². The topological polar surface area (TPSA) is 114 Å². The summed E-state index contributed by atoms with van der Waals surface area (Å²) in [5.74, 6) is -0.193. The molecule has 4 aliphatic heterocycles. The molecule has 5 fully saturated rings. The zero-order chi connectivity index (χ0) is 25.3. The first-order valence-corrected chi connectivity index (χ1v) is 12.7. The molecule has 6 rings (SSSR count). The molecule has 0 amide bonds. The average molecular weight is 506 g/mol. The van der Waals surface area contributed by atoms with Gasteiger partial charge in [0, 0.05) is 23.8 Å². The number of nitrogens with zero attached hydrogens (tertiary/aromatic N) is 1. The molecule has 1 aromatic rings. The fourth-order valence-electron chi connectivity index (χ4n) is 6.28. The van der Waals surface area contributed by atoms with Crippen molar-refractivity contribution in [2.24, 2.45) is 28.8 Å². The molecule has 1 aliphatic carbocycles. The van der Waals surface area contributed by atoms with Crippen molar-refractivity contribution in [1.29, 1.82) is 0 Å². The van der Waals surface area contributed by atoms with Gasteiger partial charge < -0.3 is 28.9 Å². The maximum absolute atomic E-state index is 10.6. The summed E-state index contributed by atoms with van der Waals surface area (Å²) >= 11 is 0. The Labute approximate surface area is 210 Å². The van der Waals surface area contributed by atoms with Crippen molar-refractivity contribution >= 4 is 12.2 Å². The maximum Gasteiger partial charge on any atom is 0.344 e. The molecule has 1 spiro atoms. The maximum atomic E-state index is 10.6. The second-order valence-corrected chi connectivity index (χ2v) is 10.4. The number of hydrogen-bond acceptors (Lipinski definition) is 9. The van der Waals surface area contributed by atoms with Gasteiger partial charge in [-0.2, -0.15) is 0 Å². The third kappa shape index (κ3) is 4.72. The van der Waals surface area contributed by atoms with Gasteiger partial charge in [0.2, 0.25) is 12.4 Å². The van der Waals surface area contributed by atoms with E-state index in [1.807, 2.05) is 19.1 Å². The number of aliphatic carboxylic acids is 1. The molecule has 36 heavy (non-hydrogen) atoms. The lowest BCUT2D eigenvalue weighted by Gasteiger charge is -2.60. The summed E-state index contributed by atoms with van der Waals surface area (Å²) < 4.78 is 24.9. The minimum absolute atomic E-state index is 0.0942. The summed E-state index contributed by atoms with van der Waals surface area (Å²) in [5.41, 5.74) is 0.0625. The molecule has 2 bridgehead atoms. The van der Waals surface area contributed by atoms with E-state index in [9.17, 15) is 4.79 Å². The van der Waals surface area contributed by atoms with Gasteiger partial charge in [0.25, 0.3) is 0 Å². The van der Waals surface area contributed by atoms with Crippen molar-refractivity contribution < 1.29 is 43.5 Å².